The summed E-state index contributed by atoms with van der Waals surface area (Å²) in [5.74, 6) is 0. The first kappa shape index (κ1) is 15.2. The van der Waals surface area contributed by atoms with Crippen LogP contribution in [0.5, 0.6) is 0 Å². The molecule has 1 aliphatic heterocycles. The molecule has 0 saturated carbocycles. The van der Waals surface area contributed by atoms with Crippen LogP contribution in [-0.4, -0.2) is 6.54 Å². The maximum Gasteiger partial charge on any atom is 0.0447 e. The first-order valence-corrected chi connectivity index (χ1v) is 9.15. The highest BCUT2D eigenvalue weighted by atomic mass is 32.2. The third kappa shape index (κ3) is 3.41. The van der Waals surface area contributed by atoms with E-state index in [2.05, 4.69) is 76.8 Å². The molecular formula is C21H20N2S. The molecule has 0 atom stereocenters. The molecule has 0 aromatic heterocycles. The normalized spacial score (nSPS) is 13.0. The van der Waals surface area contributed by atoms with Crippen LogP contribution >= 0.6 is 11.9 Å². The van der Waals surface area contributed by atoms with E-state index in [-0.39, 0.29) is 0 Å². The summed E-state index contributed by atoms with van der Waals surface area (Å²) in [5.41, 5.74) is 6.36. The van der Waals surface area contributed by atoms with Crippen molar-refractivity contribution in [2.75, 3.05) is 16.6 Å². The summed E-state index contributed by atoms with van der Waals surface area (Å²) in [6.45, 7) is 1.09. The molecule has 3 heteroatoms. The SMILES string of the molecule is c1ccc(-c2ccc(SNc3ccc4c(c3)CCCN4)cc2)cc1. The average Bonchev–Trinajstić information content (AvgIpc) is 2.67. The minimum atomic E-state index is 1.09. The van der Waals surface area contributed by atoms with E-state index >= 15 is 0 Å². The summed E-state index contributed by atoms with van der Waals surface area (Å²) >= 11 is 1.66. The monoisotopic (exact) mass is 332 g/mol. The van der Waals surface area contributed by atoms with Crippen LogP contribution in [0.3, 0.4) is 0 Å². The lowest BCUT2D eigenvalue weighted by Gasteiger charge is -2.18. The van der Waals surface area contributed by atoms with Gasteiger partial charge in [-0.3, -0.25) is 0 Å². The summed E-state index contributed by atoms with van der Waals surface area (Å²) in [5, 5.41) is 3.45. The second-order valence-corrected chi connectivity index (χ2v) is 6.88. The van der Waals surface area contributed by atoms with E-state index in [0.29, 0.717) is 0 Å². The lowest BCUT2D eigenvalue weighted by atomic mass is 10.0. The quantitative estimate of drug-likeness (QED) is 0.588. The molecular weight excluding hydrogens is 312 g/mol. The molecule has 0 aliphatic carbocycles. The first-order chi connectivity index (χ1) is 11.9. The fourth-order valence-corrected chi connectivity index (χ4v) is 3.64. The molecule has 24 heavy (non-hydrogen) atoms. The van der Waals surface area contributed by atoms with Gasteiger partial charge in [-0.2, -0.15) is 0 Å². The highest BCUT2D eigenvalue weighted by Crippen LogP contribution is 2.29. The van der Waals surface area contributed by atoms with Crippen LogP contribution < -0.4 is 10.0 Å². The number of anilines is 2. The van der Waals surface area contributed by atoms with Gasteiger partial charge in [-0.15, -0.1) is 0 Å². The van der Waals surface area contributed by atoms with Crippen molar-refractivity contribution in [3.63, 3.8) is 0 Å². The van der Waals surface area contributed by atoms with Gasteiger partial charge in [0.25, 0.3) is 0 Å². The van der Waals surface area contributed by atoms with E-state index in [9.17, 15) is 0 Å². The van der Waals surface area contributed by atoms with Crippen molar-refractivity contribution in [2.45, 2.75) is 17.7 Å². The van der Waals surface area contributed by atoms with Gasteiger partial charge in [-0.1, -0.05) is 42.5 Å². The zero-order valence-corrected chi connectivity index (χ0v) is 14.3. The van der Waals surface area contributed by atoms with E-state index in [1.54, 1.807) is 11.9 Å². The van der Waals surface area contributed by atoms with Gasteiger partial charge in [-0.05, 0) is 71.8 Å². The fraction of sp³-hybridized carbons (Fsp3) is 0.143. The number of benzene rings is 3. The highest BCUT2D eigenvalue weighted by molar-refractivity contribution is 8.00. The number of rotatable bonds is 4. The van der Waals surface area contributed by atoms with Gasteiger partial charge in [0.2, 0.25) is 0 Å². The largest absolute Gasteiger partial charge is 0.385 e. The molecule has 0 spiro atoms. The molecule has 4 rings (SSSR count). The molecule has 120 valence electrons. The van der Waals surface area contributed by atoms with Crippen LogP contribution in [-0.2, 0) is 6.42 Å². The van der Waals surface area contributed by atoms with Crippen molar-refractivity contribution in [3.8, 4) is 11.1 Å². The standard InChI is InChI=1S/C21H20N2S/c1-2-5-16(6-3-1)17-8-11-20(12-9-17)24-23-19-10-13-21-18(15-19)7-4-14-22-21/h1-3,5-6,8-13,15,22-23H,4,7,14H2. The van der Waals surface area contributed by atoms with Crippen molar-refractivity contribution >= 4 is 23.3 Å². The number of aryl methyl sites for hydroxylation is 1. The fourth-order valence-electron chi connectivity index (χ4n) is 3.00. The number of hydrogen-bond donors (Lipinski definition) is 2. The molecule has 1 aliphatic rings. The number of hydrogen-bond acceptors (Lipinski definition) is 3. The molecule has 3 aromatic carbocycles. The summed E-state index contributed by atoms with van der Waals surface area (Å²) < 4.78 is 3.46. The Morgan fingerprint density at radius 1 is 0.833 bits per heavy atom. The average molecular weight is 332 g/mol. The van der Waals surface area contributed by atoms with E-state index in [1.807, 2.05) is 6.07 Å². The second kappa shape index (κ2) is 7.02. The summed E-state index contributed by atoms with van der Waals surface area (Å²) in [6.07, 6.45) is 2.37. The zero-order valence-electron chi connectivity index (χ0n) is 13.5. The van der Waals surface area contributed by atoms with Gasteiger partial charge in [-0.25, -0.2) is 0 Å². The van der Waals surface area contributed by atoms with Crippen molar-refractivity contribution in [1.82, 2.24) is 0 Å². The molecule has 0 bridgehead atoms. The third-order valence-electron chi connectivity index (χ3n) is 4.29. The Kier molecular flexibility index (Phi) is 4.43. The predicted octanol–water partition coefficient (Wildman–Crippen LogP) is 5.83. The van der Waals surface area contributed by atoms with Crippen molar-refractivity contribution in [3.05, 3.63) is 78.4 Å². The van der Waals surface area contributed by atoms with Crippen LogP contribution in [0.2, 0.25) is 0 Å². The molecule has 2 N–H and O–H groups in total. The second-order valence-electron chi connectivity index (χ2n) is 6.00. The smallest absolute Gasteiger partial charge is 0.0447 e. The first-order valence-electron chi connectivity index (χ1n) is 8.34. The van der Waals surface area contributed by atoms with Crippen LogP contribution in [0, 0.1) is 0 Å². The zero-order chi connectivity index (χ0) is 16.2. The van der Waals surface area contributed by atoms with Crippen molar-refractivity contribution < 1.29 is 0 Å². The Bertz CT molecular complexity index is 813. The summed E-state index contributed by atoms with van der Waals surface area (Å²) in [4.78, 5) is 1.21. The Morgan fingerprint density at radius 2 is 1.62 bits per heavy atom. The Balaban J connectivity index is 1.43. The maximum atomic E-state index is 3.46. The minimum absolute atomic E-state index is 1.09. The van der Waals surface area contributed by atoms with Crippen LogP contribution in [0.1, 0.15) is 12.0 Å². The number of fused-ring (bicyclic) bond motifs is 1. The van der Waals surface area contributed by atoms with Crippen molar-refractivity contribution in [2.24, 2.45) is 0 Å². The molecule has 0 unspecified atom stereocenters. The van der Waals surface area contributed by atoms with E-state index in [4.69, 9.17) is 0 Å². The lowest BCUT2D eigenvalue weighted by Crippen LogP contribution is -2.11. The topological polar surface area (TPSA) is 24.1 Å². The maximum absolute atomic E-state index is 3.46. The molecule has 1 heterocycles. The van der Waals surface area contributed by atoms with Gasteiger partial charge in [0, 0.05) is 22.8 Å². The molecule has 2 nitrogen and oxygen atoms in total. The number of nitrogens with one attached hydrogen (secondary N) is 2. The van der Waals surface area contributed by atoms with Gasteiger partial charge < -0.3 is 10.0 Å². The molecule has 0 fully saturated rings. The van der Waals surface area contributed by atoms with E-state index < -0.39 is 0 Å². The summed E-state index contributed by atoms with van der Waals surface area (Å²) in [6, 6.07) is 25.7. The van der Waals surface area contributed by atoms with Gasteiger partial charge in [0.15, 0.2) is 0 Å². The minimum Gasteiger partial charge on any atom is -0.385 e. The van der Waals surface area contributed by atoms with Gasteiger partial charge in [0.1, 0.15) is 0 Å². The van der Waals surface area contributed by atoms with Crippen LogP contribution in [0.15, 0.2) is 77.7 Å². The van der Waals surface area contributed by atoms with Gasteiger partial charge in [0.05, 0.1) is 0 Å². The van der Waals surface area contributed by atoms with Crippen LogP contribution in [0.4, 0.5) is 11.4 Å². The van der Waals surface area contributed by atoms with E-state index in [0.717, 1.165) is 18.7 Å². The summed E-state index contributed by atoms with van der Waals surface area (Å²) in [7, 11) is 0. The molecule has 0 amide bonds. The van der Waals surface area contributed by atoms with Crippen LogP contribution in [0.25, 0.3) is 11.1 Å². The predicted molar refractivity (Wildman–Crippen MR) is 105 cm³/mol. The third-order valence-corrected chi connectivity index (χ3v) is 5.14. The molecule has 0 radical (unpaired) electrons. The lowest BCUT2D eigenvalue weighted by molar-refractivity contribution is 0.831. The highest BCUT2D eigenvalue weighted by Gasteiger charge is 2.08. The Morgan fingerprint density at radius 3 is 2.46 bits per heavy atom. The van der Waals surface area contributed by atoms with Gasteiger partial charge >= 0.3 is 0 Å². The van der Waals surface area contributed by atoms with E-state index in [1.165, 1.54) is 33.7 Å². The Hall–Kier alpha value is -2.39. The van der Waals surface area contributed by atoms with Crippen molar-refractivity contribution in [1.29, 1.82) is 0 Å². The Labute approximate surface area is 147 Å². The molecule has 3 aromatic rings. The molecule has 0 saturated heterocycles.